The molecule has 0 aromatic carbocycles. The largest absolute Gasteiger partial charge is 0.336 e. The summed E-state index contributed by atoms with van der Waals surface area (Å²) in [5.41, 5.74) is 0. The fourth-order valence-electron chi connectivity index (χ4n) is 1.80. The first-order valence-corrected chi connectivity index (χ1v) is 8.66. The molecular weight excluding hydrogens is 386 g/mol. The van der Waals surface area contributed by atoms with Gasteiger partial charge in [-0.2, -0.15) is 11.8 Å². The lowest BCUT2D eigenvalue weighted by Crippen LogP contribution is -2.45. The van der Waals surface area contributed by atoms with Crippen molar-refractivity contribution in [3.63, 3.8) is 0 Å². The Morgan fingerprint density at radius 1 is 1.47 bits per heavy atom. The molecule has 2 heterocycles. The Hall–Kier alpha value is 0.480. The van der Waals surface area contributed by atoms with Gasteiger partial charge >= 0.3 is 0 Å². The van der Waals surface area contributed by atoms with Crippen molar-refractivity contribution in [2.75, 3.05) is 18.8 Å². The number of nitrogens with zero attached hydrogens (tertiary/aromatic N) is 1. The third kappa shape index (κ3) is 3.28. The van der Waals surface area contributed by atoms with Crippen LogP contribution >= 0.6 is 55.0 Å². The fourth-order valence-corrected chi connectivity index (χ4v) is 4.91. The molecule has 0 atom stereocenters. The zero-order chi connectivity index (χ0) is 12.6. The summed E-state index contributed by atoms with van der Waals surface area (Å²) >= 11 is 10.3. The Kier molecular flexibility index (Phi) is 4.28. The SMILES string of the molecule is CC1(C)CN(C(=O)c2cc(Br)c(Br)s2)CCS1. The predicted molar refractivity (Wildman–Crippen MR) is 82.2 cm³/mol. The monoisotopic (exact) mass is 397 g/mol. The van der Waals surface area contributed by atoms with Crippen LogP contribution in [0.5, 0.6) is 0 Å². The number of hydrogen-bond donors (Lipinski definition) is 0. The van der Waals surface area contributed by atoms with E-state index in [0.29, 0.717) is 0 Å². The average Bonchev–Trinajstić information content (AvgIpc) is 2.57. The zero-order valence-corrected chi connectivity index (χ0v) is 14.4. The molecule has 2 nitrogen and oxygen atoms in total. The van der Waals surface area contributed by atoms with Crippen molar-refractivity contribution in [1.29, 1.82) is 0 Å². The Morgan fingerprint density at radius 3 is 2.71 bits per heavy atom. The standard InChI is InChI=1S/C11H13Br2NOS2/c1-11(2)6-14(3-4-16-11)10(15)8-5-7(12)9(13)17-8/h5H,3-4,6H2,1-2H3. The van der Waals surface area contributed by atoms with Gasteiger partial charge in [0.05, 0.1) is 8.66 Å². The Morgan fingerprint density at radius 2 is 2.18 bits per heavy atom. The number of thioether (sulfide) groups is 1. The highest BCUT2D eigenvalue weighted by atomic mass is 79.9. The number of halogens is 2. The van der Waals surface area contributed by atoms with Crippen molar-refractivity contribution in [3.8, 4) is 0 Å². The molecule has 0 radical (unpaired) electrons. The second-order valence-electron chi connectivity index (χ2n) is 4.57. The Bertz CT molecular complexity index is 425. The number of carbonyl (C=O) groups is 1. The van der Waals surface area contributed by atoms with Gasteiger partial charge in [-0.25, -0.2) is 0 Å². The molecule has 1 aliphatic rings. The van der Waals surface area contributed by atoms with Crippen LogP contribution in [0.1, 0.15) is 23.5 Å². The van der Waals surface area contributed by atoms with Gasteiger partial charge < -0.3 is 4.90 Å². The van der Waals surface area contributed by atoms with E-state index in [1.54, 1.807) is 0 Å². The maximum Gasteiger partial charge on any atom is 0.264 e. The summed E-state index contributed by atoms with van der Waals surface area (Å²) in [6, 6.07) is 1.89. The number of carbonyl (C=O) groups excluding carboxylic acids is 1. The number of rotatable bonds is 1. The molecular formula is C11H13Br2NOS2. The average molecular weight is 399 g/mol. The second-order valence-corrected chi connectivity index (χ2v) is 9.59. The van der Waals surface area contributed by atoms with Crippen molar-refractivity contribution < 1.29 is 4.79 Å². The topological polar surface area (TPSA) is 20.3 Å². The van der Waals surface area contributed by atoms with E-state index < -0.39 is 0 Å². The molecule has 6 heteroatoms. The lowest BCUT2D eigenvalue weighted by Gasteiger charge is -2.37. The van der Waals surface area contributed by atoms with Gasteiger partial charge in [-0.1, -0.05) is 0 Å². The van der Waals surface area contributed by atoms with Crippen LogP contribution in [-0.2, 0) is 0 Å². The molecule has 0 N–H and O–H groups in total. The van der Waals surface area contributed by atoms with E-state index >= 15 is 0 Å². The van der Waals surface area contributed by atoms with Gasteiger partial charge in [-0.05, 0) is 51.8 Å². The van der Waals surface area contributed by atoms with Gasteiger partial charge in [0.2, 0.25) is 0 Å². The molecule has 1 amide bonds. The van der Waals surface area contributed by atoms with Crippen LogP contribution in [-0.4, -0.2) is 34.4 Å². The highest BCUT2D eigenvalue weighted by Gasteiger charge is 2.30. The Labute approximate surface area is 126 Å². The molecule has 0 saturated carbocycles. The Balaban J connectivity index is 2.15. The second kappa shape index (κ2) is 5.23. The summed E-state index contributed by atoms with van der Waals surface area (Å²) in [6.07, 6.45) is 0. The highest BCUT2D eigenvalue weighted by Crippen LogP contribution is 2.35. The molecule has 0 aliphatic carbocycles. The molecule has 94 valence electrons. The first kappa shape index (κ1) is 13.9. The smallest absolute Gasteiger partial charge is 0.264 e. The van der Waals surface area contributed by atoms with E-state index in [2.05, 4.69) is 45.7 Å². The van der Waals surface area contributed by atoms with Crippen molar-refractivity contribution in [2.24, 2.45) is 0 Å². The molecule has 0 bridgehead atoms. The van der Waals surface area contributed by atoms with Gasteiger partial charge in [0.25, 0.3) is 5.91 Å². The molecule has 0 unspecified atom stereocenters. The van der Waals surface area contributed by atoms with Crippen LogP contribution in [0.4, 0.5) is 0 Å². The third-order valence-corrected chi connectivity index (χ3v) is 7.11. The van der Waals surface area contributed by atoms with Gasteiger partial charge in [0, 0.05) is 28.1 Å². The number of amides is 1. The summed E-state index contributed by atoms with van der Waals surface area (Å²) in [6.45, 7) is 6.05. The van der Waals surface area contributed by atoms with Gasteiger partial charge in [0.15, 0.2) is 0 Å². The highest BCUT2D eigenvalue weighted by molar-refractivity contribution is 9.13. The molecule has 0 spiro atoms. The molecule has 17 heavy (non-hydrogen) atoms. The molecule has 1 aliphatic heterocycles. The van der Waals surface area contributed by atoms with E-state index in [-0.39, 0.29) is 10.7 Å². The van der Waals surface area contributed by atoms with Crippen molar-refractivity contribution in [1.82, 2.24) is 4.90 Å². The van der Waals surface area contributed by atoms with E-state index in [1.165, 1.54) is 11.3 Å². The van der Waals surface area contributed by atoms with Crippen molar-refractivity contribution in [3.05, 3.63) is 19.2 Å². The first-order chi connectivity index (χ1) is 7.89. The van der Waals surface area contributed by atoms with Gasteiger partial charge in [-0.3, -0.25) is 4.79 Å². The fraction of sp³-hybridized carbons (Fsp3) is 0.545. The summed E-state index contributed by atoms with van der Waals surface area (Å²) < 4.78 is 2.10. The number of hydrogen-bond acceptors (Lipinski definition) is 3. The summed E-state index contributed by atoms with van der Waals surface area (Å²) in [5.74, 6) is 1.17. The van der Waals surface area contributed by atoms with Crippen LogP contribution in [0, 0.1) is 0 Å². The van der Waals surface area contributed by atoms with Crippen LogP contribution in [0.25, 0.3) is 0 Å². The lowest BCUT2D eigenvalue weighted by molar-refractivity contribution is 0.0753. The summed E-state index contributed by atoms with van der Waals surface area (Å²) in [5, 5.41) is 0. The van der Waals surface area contributed by atoms with E-state index in [4.69, 9.17) is 0 Å². The first-order valence-electron chi connectivity index (χ1n) is 5.27. The minimum atomic E-state index is 0.148. The quantitative estimate of drug-likeness (QED) is 0.704. The van der Waals surface area contributed by atoms with Crippen molar-refractivity contribution >= 4 is 60.9 Å². The zero-order valence-electron chi connectivity index (χ0n) is 9.63. The van der Waals surface area contributed by atoms with Gasteiger partial charge in [0.1, 0.15) is 0 Å². The third-order valence-electron chi connectivity index (χ3n) is 2.57. The molecule has 1 fully saturated rings. The maximum atomic E-state index is 12.3. The molecule has 2 rings (SSSR count). The van der Waals surface area contributed by atoms with Gasteiger partial charge in [-0.15, -0.1) is 11.3 Å². The van der Waals surface area contributed by atoms with Crippen LogP contribution in [0.3, 0.4) is 0 Å². The lowest BCUT2D eigenvalue weighted by atomic mass is 10.2. The summed E-state index contributed by atoms with van der Waals surface area (Å²) in [4.78, 5) is 15.1. The predicted octanol–water partition coefficient (Wildman–Crippen LogP) is 4.24. The van der Waals surface area contributed by atoms with E-state index in [1.807, 2.05) is 22.7 Å². The summed E-state index contributed by atoms with van der Waals surface area (Å²) in [7, 11) is 0. The van der Waals surface area contributed by atoms with Crippen LogP contribution < -0.4 is 0 Å². The molecule has 1 saturated heterocycles. The van der Waals surface area contributed by atoms with Crippen LogP contribution in [0.2, 0.25) is 0 Å². The molecule has 1 aromatic heterocycles. The van der Waals surface area contributed by atoms with Crippen LogP contribution in [0.15, 0.2) is 14.3 Å². The minimum absolute atomic E-state index is 0.148. The van der Waals surface area contributed by atoms with Crippen molar-refractivity contribution in [2.45, 2.75) is 18.6 Å². The normalized spacial score (nSPS) is 19.4. The minimum Gasteiger partial charge on any atom is -0.336 e. The van der Waals surface area contributed by atoms with E-state index in [9.17, 15) is 4.79 Å². The molecule has 1 aromatic rings. The van der Waals surface area contributed by atoms with E-state index in [0.717, 1.165) is 32.0 Å². The number of thiophene rings is 1. The maximum absolute atomic E-state index is 12.3.